The fraction of sp³-hybridized carbons (Fsp3) is 0.300. The molecule has 0 aliphatic carbocycles. The Morgan fingerprint density at radius 2 is 2.00 bits per heavy atom. The van der Waals surface area contributed by atoms with Gasteiger partial charge in [-0.25, -0.2) is 4.98 Å². The molecule has 3 aromatic rings. The number of nitrogens with zero attached hydrogens (tertiary/aromatic N) is 2. The van der Waals surface area contributed by atoms with Crippen LogP contribution < -0.4 is 10.1 Å². The van der Waals surface area contributed by atoms with Crippen molar-refractivity contribution in [3.05, 3.63) is 60.4 Å². The summed E-state index contributed by atoms with van der Waals surface area (Å²) in [6, 6.07) is 16.0. The minimum absolute atomic E-state index is 0.0243. The lowest BCUT2D eigenvalue weighted by Gasteiger charge is -2.09. The summed E-state index contributed by atoms with van der Waals surface area (Å²) >= 11 is 0. The van der Waals surface area contributed by atoms with Gasteiger partial charge in [-0.05, 0) is 43.7 Å². The van der Waals surface area contributed by atoms with Crippen molar-refractivity contribution >= 4 is 16.9 Å². The first-order valence-corrected chi connectivity index (χ1v) is 8.53. The van der Waals surface area contributed by atoms with E-state index in [0.717, 1.165) is 22.3 Å². The Kier molecular flexibility index (Phi) is 5.33. The monoisotopic (exact) mass is 337 g/mol. The molecule has 0 bridgehead atoms. The number of amides is 1. The molecule has 5 nitrogen and oxygen atoms in total. The van der Waals surface area contributed by atoms with Gasteiger partial charge in [-0.3, -0.25) is 4.79 Å². The zero-order valence-corrected chi connectivity index (χ0v) is 14.6. The van der Waals surface area contributed by atoms with Gasteiger partial charge in [0.15, 0.2) is 0 Å². The molecule has 25 heavy (non-hydrogen) atoms. The van der Waals surface area contributed by atoms with E-state index < -0.39 is 0 Å². The summed E-state index contributed by atoms with van der Waals surface area (Å²) < 4.78 is 7.68. The van der Waals surface area contributed by atoms with Crippen LogP contribution in [-0.2, 0) is 11.3 Å². The highest BCUT2D eigenvalue weighted by Gasteiger charge is 2.07. The second-order valence-corrected chi connectivity index (χ2v) is 6.26. The van der Waals surface area contributed by atoms with Crippen LogP contribution in [0.15, 0.2) is 54.9 Å². The van der Waals surface area contributed by atoms with Gasteiger partial charge in [0.2, 0.25) is 5.91 Å². The summed E-state index contributed by atoms with van der Waals surface area (Å²) in [7, 11) is 0. The van der Waals surface area contributed by atoms with Crippen LogP contribution in [-0.4, -0.2) is 22.1 Å². The van der Waals surface area contributed by atoms with Crippen LogP contribution >= 0.6 is 0 Å². The lowest BCUT2D eigenvalue weighted by atomic mass is 10.2. The van der Waals surface area contributed by atoms with E-state index in [9.17, 15) is 4.79 Å². The molecule has 0 saturated heterocycles. The molecule has 0 spiro atoms. The molecule has 1 amide bonds. The molecule has 1 N–H and O–H groups in total. The highest BCUT2D eigenvalue weighted by molar-refractivity contribution is 5.78. The van der Waals surface area contributed by atoms with E-state index in [1.54, 1.807) is 0 Å². The van der Waals surface area contributed by atoms with E-state index in [1.165, 1.54) is 0 Å². The molecule has 2 aromatic carbocycles. The number of carbonyl (C=O) groups is 1. The largest absolute Gasteiger partial charge is 0.493 e. The molecule has 130 valence electrons. The quantitative estimate of drug-likeness (QED) is 0.715. The van der Waals surface area contributed by atoms with Gasteiger partial charge >= 0.3 is 0 Å². The van der Waals surface area contributed by atoms with Crippen molar-refractivity contribution in [1.82, 2.24) is 14.9 Å². The van der Waals surface area contributed by atoms with Crippen LogP contribution in [0.5, 0.6) is 5.75 Å². The van der Waals surface area contributed by atoms with Crippen molar-refractivity contribution in [1.29, 1.82) is 0 Å². The lowest BCUT2D eigenvalue weighted by molar-refractivity contribution is -0.121. The van der Waals surface area contributed by atoms with E-state index in [4.69, 9.17) is 4.74 Å². The van der Waals surface area contributed by atoms with Crippen molar-refractivity contribution in [3.8, 4) is 5.75 Å². The number of ether oxygens (including phenoxy) is 1. The van der Waals surface area contributed by atoms with E-state index >= 15 is 0 Å². The highest BCUT2D eigenvalue weighted by Crippen LogP contribution is 2.18. The smallest absolute Gasteiger partial charge is 0.223 e. The molecule has 0 fully saturated rings. The van der Waals surface area contributed by atoms with Crippen LogP contribution in [0.2, 0.25) is 0 Å². The number of imidazole rings is 1. The van der Waals surface area contributed by atoms with Crippen LogP contribution in [0.4, 0.5) is 0 Å². The van der Waals surface area contributed by atoms with E-state index in [-0.39, 0.29) is 5.91 Å². The summed E-state index contributed by atoms with van der Waals surface area (Å²) in [5.74, 6) is 0.755. The summed E-state index contributed by atoms with van der Waals surface area (Å²) in [6.45, 7) is 5.13. The van der Waals surface area contributed by atoms with Gasteiger partial charge < -0.3 is 14.6 Å². The second kappa shape index (κ2) is 7.83. The first-order valence-electron chi connectivity index (χ1n) is 8.53. The standard InChI is InChI=1S/C20H23N3O2/c1-15(2)23-14-22-18-12-16(8-9-19(18)23)13-21-20(24)10-11-25-17-6-4-3-5-7-17/h3-9,12,14-15H,10-11,13H2,1-2H3,(H,21,24). The van der Waals surface area contributed by atoms with Gasteiger partial charge in [0, 0.05) is 12.6 Å². The zero-order chi connectivity index (χ0) is 17.6. The van der Waals surface area contributed by atoms with Crippen molar-refractivity contribution < 1.29 is 9.53 Å². The molecule has 0 atom stereocenters. The minimum atomic E-state index is -0.0243. The molecule has 0 radical (unpaired) electrons. The molecular formula is C20H23N3O2. The number of hydrogen-bond acceptors (Lipinski definition) is 3. The first kappa shape index (κ1) is 17.0. The Hall–Kier alpha value is -2.82. The Bertz CT molecular complexity index is 841. The van der Waals surface area contributed by atoms with Crippen molar-refractivity contribution in [2.75, 3.05) is 6.61 Å². The number of para-hydroxylation sites is 1. The SMILES string of the molecule is CC(C)n1cnc2cc(CNC(=O)CCOc3ccccc3)ccc21. The Balaban J connectivity index is 1.49. The summed E-state index contributed by atoms with van der Waals surface area (Å²) in [4.78, 5) is 16.4. The fourth-order valence-electron chi connectivity index (χ4n) is 2.67. The third-order valence-corrected chi connectivity index (χ3v) is 4.03. The van der Waals surface area contributed by atoms with Gasteiger partial charge in [-0.2, -0.15) is 0 Å². The Morgan fingerprint density at radius 1 is 1.20 bits per heavy atom. The first-order chi connectivity index (χ1) is 12.1. The van der Waals surface area contributed by atoms with Crippen LogP contribution in [0.1, 0.15) is 31.9 Å². The molecule has 1 aromatic heterocycles. The maximum Gasteiger partial charge on any atom is 0.223 e. The average molecular weight is 337 g/mol. The highest BCUT2D eigenvalue weighted by atomic mass is 16.5. The van der Waals surface area contributed by atoms with Crippen LogP contribution in [0, 0.1) is 0 Å². The van der Waals surface area contributed by atoms with Crippen LogP contribution in [0.25, 0.3) is 11.0 Å². The minimum Gasteiger partial charge on any atom is -0.493 e. The second-order valence-electron chi connectivity index (χ2n) is 6.26. The summed E-state index contributed by atoms with van der Waals surface area (Å²) in [6.07, 6.45) is 2.19. The van der Waals surface area contributed by atoms with E-state index in [2.05, 4.69) is 34.8 Å². The maximum absolute atomic E-state index is 12.0. The summed E-state index contributed by atoms with van der Waals surface area (Å²) in [5, 5.41) is 2.93. The molecular weight excluding hydrogens is 314 g/mol. The predicted octanol–water partition coefficient (Wildman–Crippen LogP) is 3.70. The number of aromatic nitrogens is 2. The maximum atomic E-state index is 12.0. The van der Waals surface area contributed by atoms with Crippen LogP contribution in [0.3, 0.4) is 0 Å². The topological polar surface area (TPSA) is 56.2 Å². The molecule has 1 heterocycles. The lowest BCUT2D eigenvalue weighted by Crippen LogP contribution is -2.24. The number of nitrogens with one attached hydrogen (secondary N) is 1. The summed E-state index contributed by atoms with van der Waals surface area (Å²) in [5.41, 5.74) is 3.10. The number of hydrogen-bond donors (Lipinski definition) is 1. The van der Waals surface area contributed by atoms with Gasteiger partial charge in [0.1, 0.15) is 5.75 Å². The van der Waals surface area contributed by atoms with Gasteiger partial charge in [0.05, 0.1) is 30.4 Å². The third-order valence-electron chi connectivity index (χ3n) is 4.03. The normalized spacial score (nSPS) is 11.0. The van der Waals surface area contributed by atoms with E-state index in [1.807, 2.05) is 48.8 Å². The Morgan fingerprint density at radius 3 is 2.76 bits per heavy atom. The van der Waals surface area contributed by atoms with Crippen molar-refractivity contribution in [2.45, 2.75) is 32.9 Å². The third kappa shape index (κ3) is 4.38. The zero-order valence-electron chi connectivity index (χ0n) is 14.6. The molecule has 0 aliphatic rings. The Labute approximate surface area is 147 Å². The molecule has 0 saturated carbocycles. The number of carbonyl (C=O) groups excluding carboxylic acids is 1. The predicted molar refractivity (Wildman–Crippen MR) is 98.5 cm³/mol. The molecule has 0 aliphatic heterocycles. The average Bonchev–Trinajstić information content (AvgIpc) is 3.04. The molecule has 0 unspecified atom stereocenters. The molecule has 5 heteroatoms. The van der Waals surface area contributed by atoms with Gasteiger partial charge in [0.25, 0.3) is 0 Å². The van der Waals surface area contributed by atoms with Gasteiger partial charge in [-0.15, -0.1) is 0 Å². The van der Waals surface area contributed by atoms with Crippen molar-refractivity contribution in [3.63, 3.8) is 0 Å². The number of benzene rings is 2. The van der Waals surface area contributed by atoms with Gasteiger partial charge in [-0.1, -0.05) is 24.3 Å². The number of fused-ring (bicyclic) bond motifs is 1. The van der Waals surface area contributed by atoms with E-state index in [0.29, 0.717) is 25.6 Å². The van der Waals surface area contributed by atoms with Crippen molar-refractivity contribution in [2.24, 2.45) is 0 Å². The fourth-order valence-corrected chi connectivity index (χ4v) is 2.67. The molecule has 3 rings (SSSR count). The number of rotatable bonds is 7.